The lowest BCUT2D eigenvalue weighted by molar-refractivity contribution is -0.136. The van der Waals surface area contributed by atoms with Crippen LogP contribution in [0.1, 0.15) is 18.4 Å². The van der Waals surface area contributed by atoms with E-state index in [-0.39, 0.29) is 11.8 Å². The lowest BCUT2D eigenvalue weighted by Crippen LogP contribution is -2.43. The van der Waals surface area contributed by atoms with Gasteiger partial charge in [0.25, 0.3) is 0 Å². The molecule has 1 aliphatic heterocycles. The van der Waals surface area contributed by atoms with Gasteiger partial charge in [-0.3, -0.25) is 9.59 Å². The van der Waals surface area contributed by atoms with Crippen molar-refractivity contribution < 1.29 is 9.59 Å². The molecule has 2 N–H and O–H groups in total. The number of para-hydroxylation sites is 1. The highest BCUT2D eigenvalue weighted by Gasteiger charge is 2.33. The molecule has 2 heterocycles. The summed E-state index contributed by atoms with van der Waals surface area (Å²) in [6.07, 6.45) is 3.44. The van der Waals surface area contributed by atoms with Gasteiger partial charge in [-0.2, -0.15) is 0 Å². The molecule has 0 spiro atoms. The van der Waals surface area contributed by atoms with Crippen LogP contribution in [0.3, 0.4) is 0 Å². The Bertz CT molecular complexity index is 991. The van der Waals surface area contributed by atoms with Crippen molar-refractivity contribution in [2.75, 3.05) is 17.2 Å². The first kappa shape index (κ1) is 19.6. The average Bonchev–Trinajstić information content (AvgIpc) is 3.27. The maximum absolute atomic E-state index is 12.8. The molecule has 0 aliphatic carbocycles. The van der Waals surface area contributed by atoms with E-state index in [0.717, 1.165) is 17.7 Å². The molecule has 0 radical (unpaired) electrons. The zero-order chi connectivity index (χ0) is 20.8. The van der Waals surface area contributed by atoms with Gasteiger partial charge in [-0.25, -0.2) is 4.98 Å². The van der Waals surface area contributed by atoms with Gasteiger partial charge >= 0.3 is 0 Å². The Morgan fingerprint density at radius 3 is 2.37 bits per heavy atom. The third kappa shape index (κ3) is 4.84. The maximum atomic E-state index is 12.8. The van der Waals surface area contributed by atoms with Gasteiger partial charge in [0.1, 0.15) is 11.9 Å². The van der Waals surface area contributed by atoms with E-state index in [0.29, 0.717) is 30.9 Å². The van der Waals surface area contributed by atoms with Crippen LogP contribution in [0, 0.1) is 0 Å². The second-order valence-electron chi connectivity index (χ2n) is 7.32. The number of pyridine rings is 1. The highest BCUT2D eigenvalue weighted by Crippen LogP contribution is 2.21. The molecule has 4 rings (SSSR count). The standard InChI is InChI=1S/C24H24N4O2/c29-23(16-18-8-3-1-4-9-18)28-15-7-12-21(28)24(30)27-20-13-14-22(25-17-20)26-19-10-5-2-6-11-19/h1-6,8-11,13-14,17,21H,7,12,15-16H2,(H,25,26)(H,27,30). The summed E-state index contributed by atoms with van der Waals surface area (Å²) < 4.78 is 0. The van der Waals surface area contributed by atoms with E-state index in [1.807, 2.05) is 66.7 Å². The Morgan fingerprint density at radius 2 is 1.67 bits per heavy atom. The Kier molecular flexibility index (Phi) is 6.03. The number of hydrogen-bond acceptors (Lipinski definition) is 4. The van der Waals surface area contributed by atoms with Crippen LogP contribution in [0.5, 0.6) is 0 Å². The molecule has 1 saturated heterocycles. The maximum Gasteiger partial charge on any atom is 0.247 e. The zero-order valence-corrected chi connectivity index (χ0v) is 16.6. The van der Waals surface area contributed by atoms with E-state index in [1.165, 1.54) is 0 Å². The molecule has 1 fully saturated rings. The van der Waals surface area contributed by atoms with Crippen LogP contribution in [-0.2, 0) is 16.0 Å². The van der Waals surface area contributed by atoms with Gasteiger partial charge in [0.05, 0.1) is 18.3 Å². The largest absolute Gasteiger partial charge is 0.340 e. The first-order valence-corrected chi connectivity index (χ1v) is 10.1. The van der Waals surface area contributed by atoms with Crippen LogP contribution in [0.15, 0.2) is 79.0 Å². The fraction of sp³-hybridized carbons (Fsp3) is 0.208. The molecule has 3 aromatic rings. The van der Waals surface area contributed by atoms with E-state index in [1.54, 1.807) is 17.2 Å². The number of nitrogens with zero attached hydrogens (tertiary/aromatic N) is 2. The highest BCUT2D eigenvalue weighted by atomic mass is 16.2. The second kappa shape index (κ2) is 9.22. The van der Waals surface area contributed by atoms with Gasteiger partial charge in [-0.15, -0.1) is 0 Å². The first-order valence-electron chi connectivity index (χ1n) is 10.1. The van der Waals surface area contributed by atoms with Crippen molar-refractivity contribution in [1.29, 1.82) is 0 Å². The summed E-state index contributed by atoms with van der Waals surface area (Å²) in [6.45, 7) is 0.613. The second-order valence-corrected chi connectivity index (χ2v) is 7.32. The summed E-state index contributed by atoms with van der Waals surface area (Å²) in [4.78, 5) is 31.6. The number of nitrogens with one attached hydrogen (secondary N) is 2. The van der Waals surface area contributed by atoms with Crippen molar-refractivity contribution in [3.8, 4) is 0 Å². The fourth-order valence-corrected chi connectivity index (χ4v) is 3.65. The van der Waals surface area contributed by atoms with Crippen LogP contribution < -0.4 is 10.6 Å². The Morgan fingerprint density at radius 1 is 0.933 bits per heavy atom. The molecular formula is C24H24N4O2. The van der Waals surface area contributed by atoms with Gasteiger partial charge in [-0.05, 0) is 42.7 Å². The molecule has 1 aliphatic rings. The summed E-state index contributed by atoms with van der Waals surface area (Å²) in [6, 6.07) is 22.6. The van der Waals surface area contributed by atoms with Gasteiger partial charge in [0.15, 0.2) is 0 Å². The number of aromatic nitrogens is 1. The molecular weight excluding hydrogens is 376 g/mol. The predicted octanol–water partition coefficient (Wildman–Crippen LogP) is 4.00. The van der Waals surface area contributed by atoms with Gasteiger partial charge in [0.2, 0.25) is 11.8 Å². The molecule has 30 heavy (non-hydrogen) atoms. The smallest absolute Gasteiger partial charge is 0.247 e. The molecule has 0 bridgehead atoms. The summed E-state index contributed by atoms with van der Waals surface area (Å²) >= 11 is 0. The van der Waals surface area contributed by atoms with E-state index in [2.05, 4.69) is 15.6 Å². The van der Waals surface area contributed by atoms with E-state index >= 15 is 0 Å². The molecule has 152 valence electrons. The average molecular weight is 400 g/mol. The molecule has 6 nitrogen and oxygen atoms in total. The van der Waals surface area contributed by atoms with Crippen molar-refractivity contribution in [1.82, 2.24) is 9.88 Å². The molecule has 6 heteroatoms. The Balaban J connectivity index is 1.36. The molecule has 2 aromatic carbocycles. The first-order chi connectivity index (χ1) is 14.7. The van der Waals surface area contributed by atoms with Crippen molar-refractivity contribution in [2.24, 2.45) is 0 Å². The topological polar surface area (TPSA) is 74.3 Å². The normalized spacial score (nSPS) is 15.6. The number of benzene rings is 2. The number of carbonyl (C=O) groups excluding carboxylic acids is 2. The third-order valence-electron chi connectivity index (χ3n) is 5.15. The Labute approximate surface area is 175 Å². The Hall–Kier alpha value is -3.67. The van der Waals surface area contributed by atoms with E-state index in [9.17, 15) is 9.59 Å². The number of likely N-dealkylation sites (tertiary alicyclic amines) is 1. The molecule has 2 amide bonds. The monoisotopic (exact) mass is 400 g/mol. The number of amides is 2. The van der Waals surface area contributed by atoms with Gasteiger partial charge < -0.3 is 15.5 Å². The quantitative estimate of drug-likeness (QED) is 0.656. The van der Waals surface area contributed by atoms with E-state index in [4.69, 9.17) is 0 Å². The van der Waals surface area contributed by atoms with Gasteiger partial charge in [-0.1, -0.05) is 48.5 Å². The van der Waals surface area contributed by atoms with Crippen LogP contribution in [0.2, 0.25) is 0 Å². The van der Waals surface area contributed by atoms with Crippen LogP contribution in [0.4, 0.5) is 17.2 Å². The lowest BCUT2D eigenvalue weighted by atomic mass is 10.1. The summed E-state index contributed by atoms with van der Waals surface area (Å²) in [5.74, 6) is 0.513. The number of hydrogen-bond donors (Lipinski definition) is 2. The molecule has 1 aromatic heterocycles. The molecule has 0 saturated carbocycles. The summed E-state index contributed by atoms with van der Waals surface area (Å²) in [5.41, 5.74) is 2.51. The fourth-order valence-electron chi connectivity index (χ4n) is 3.65. The number of anilines is 3. The minimum atomic E-state index is -0.441. The highest BCUT2D eigenvalue weighted by molar-refractivity contribution is 5.97. The van der Waals surface area contributed by atoms with Crippen LogP contribution in [-0.4, -0.2) is 34.3 Å². The number of carbonyl (C=O) groups is 2. The summed E-state index contributed by atoms with van der Waals surface area (Å²) in [7, 11) is 0. The van der Waals surface area contributed by atoms with Crippen molar-refractivity contribution in [2.45, 2.75) is 25.3 Å². The SMILES string of the molecule is O=C(Nc1ccc(Nc2ccccc2)nc1)C1CCCN1C(=O)Cc1ccccc1. The zero-order valence-electron chi connectivity index (χ0n) is 16.6. The minimum Gasteiger partial charge on any atom is -0.340 e. The minimum absolute atomic E-state index is 0.0145. The van der Waals surface area contributed by atoms with E-state index < -0.39 is 6.04 Å². The number of rotatable bonds is 6. The van der Waals surface area contributed by atoms with Crippen LogP contribution in [0.25, 0.3) is 0 Å². The lowest BCUT2D eigenvalue weighted by Gasteiger charge is -2.24. The van der Waals surface area contributed by atoms with Crippen molar-refractivity contribution >= 4 is 29.0 Å². The molecule has 1 atom stereocenters. The van der Waals surface area contributed by atoms with Crippen LogP contribution >= 0.6 is 0 Å². The predicted molar refractivity (Wildman–Crippen MR) is 117 cm³/mol. The van der Waals surface area contributed by atoms with Gasteiger partial charge in [0, 0.05) is 12.2 Å². The molecule has 1 unspecified atom stereocenters. The summed E-state index contributed by atoms with van der Waals surface area (Å²) in [5, 5.41) is 6.11. The third-order valence-corrected chi connectivity index (χ3v) is 5.15. The van der Waals surface area contributed by atoms with Crippen molar-refractivity contribution in [3.63, 3.8) is 0 Å². The van der Waals surface area contributed by atoms with Crippen molar-refractivity contribution in [3.05, 3.63) is 84.6 Å².